The fraction of sp³-hybridized carbons (Fsp3) is 0.311. The van der Waals surface area contributed by atoms with Crippen LogP contribution >= 0.6 is 11.6 Å². The van der Waals surface area contributed by atoms with Gasteiger partial charge in [0.1, 0.15) is 36.5 Å². The largest absolute Gasteiger partial charge is 0.493 e. The number of nitrogens with zero attached hydrogens (tertiary/aromatic N) is 5. The highest BCUT2D eigenvalue weighted by atomic mass is 35.5. The van der Waals surface area contributed by atoms with E-state index >= 15 is 0 Å². The molecule has 55 heavy (non-hydrogen) atoms. The number of hydrogen-bond acceptors (Lipinski definition) is 8. The van der Waals surface area contributed by atoms with E-state index in [-0.39, 0.29) is 6.61 Å². The maximum atomic E-state index is 9.38. The Hall–Kier alpha value is -5.40. The highest BCUT2D eigenvalue weighted by Crippen LogP contribution is 2.36. The number of hydrogen-bond donors (Lipinski definition) is 1. The van der Waals surface area contributed by atoms with Crippen LogP contribution in [0.1, 0.15) is 58.3 Å². The summed E-state index contributed by atoms with van der Waals surface area (Å²) in [7, 11) is 1.95. The van der Waals surface area contributed by atoms with Crippen LogP contribution in [0, 0.1) is 25.2 Å². The van der Waals surface area contributed by atoms with Gasteiger partial charge in [-0.25, -0.2) is 0 Å². The van der Waals surface area contributed by atoms with Gasteiger partial charge in [0.25, 0.3) is 0 Å². The first-order chi connectivity index (χ1) is 26.9. The second-order valence-electron chi connectivity index (χ2n) is 14.1. The van der Waals surface area contributed by atoms with Crippen LogP contribution in [0.5, 0.6) is 17.2 Å². The van der Waals surface area contributed by atoms with E-state index in [1.807, 2.05) is 36.0 Å². The van der Waals surface area contributed by atoms with Crippen LogP contribution in [0.15, 0.2) is 91.3 Å². The molecular weight excluding hydrogens is 708 g/mol. The zero-order chi connectivity index (χ0) is 38.1. The number of para-hydroxylation sites is 1. The summed E-state index contributed by atoms with van der Waals surface area (Å²) in [5, 5.41) is 19.2. The third-order valence-electron chi connectivity index (χ3n) is 10.4. The molecule has 1 fully saturated rings. The minimum absolute atomic E-state index is 0.225. The summed E-state index contributed by atoms with van der Waals surface area (Å²) in [6.45, 7) is 10.1. The Bertz CT molecular complexity index is 2310. The lowest BCUT2D eigenvalue weighted by atomic mass is 9.93. The molecule has 0 unspecified atom stereocenters. The van der Waals surface area contributed by atoms with Gasteiger partial charge in [-0.3, -0.25) is 9.67 Å². The van der Waals surface area contributed by atoms with Gasteiger partial charge in [0.2, 0.25) is 0 Å². The molecule has 7 rings (SSSR count). The van der Waals surface area contributed by atoms with Crippen LogP contribution in [0.3, 0.4) is 0 Å². The first-order valence-electron chi connectivity index (χ1n) is 18.9. The number of pyridine rings is 1. The van der Waals surface area contributed by atoms with Gasteiger partial charge in [-0.15, -0.1) is 0 Å². The average Bonchev–Trinajstić information content (AvgIpc) is 3.84. The SMILES string of the molecule is Cc1c(COc2cc(OCc3cncc(C#N)c3)c(CNCc3nn(C)c4ccccc34)cc2Cl)cccc1-c1cccc(OCCCN2CCCC2)c1C. The summed E-state index contributed by atoms with van der Waals surface area (Å²) in [6, 6.07) is 28.5. The molecule has 1 N–H and O–H groups in total. The van der Waals surface area contributed by atoms with Crippen molar-refractivity contribution in [2.75, 3.05) is 26.2 Å². The molecule has 0 spiro atoms. The van der Waals surface area contributed by atoms with E-state index in [2.05, 4.69) is 83.6 Å². The standard InChI is InChI=1S/C45H47ClN6O3/c1-31-35(11-8-13-37(31)38-14-9-16-43(32(38)2)53-20-10-19-52-17-6-7-18-52)30-55-45-23-44(54-29-34-21-33(24-47)25-48-26-34)36(22-40(45)46)27-49-28-41-39-12-4-5-15-42(39)51(3)50-41/h4-5,8-9,11-16,21-23,25-26,49H,6-7,10,17-20,27-30H2,1-3H3. The first-order valence-corrected chi connectivity index (χ1v) is 19.3. The van der Waals surface area contributed by atoms with Crippen molar-refractivity contribution in [2.45, 2.75) is 59.4 Å². The highest BCUT2D eigenvalue weighted by Gasteiger charge is 2.17. The molecule has 10 heteroatoms. The Labute approximate surface area is 328 Å². The number of rotatable bonds is 16. The molecule has 1 saturated heterocycles. The molecule has 0 amide bonds. The third-order valence-corrected chi connectivity index (χ3v) is 10.6. The maximum absolute atomic E-state index is 9.38. The van der Waals surface area contributed by atoms with Gasteiger partial charge in [0.15, 0.2) is 0 Å². The summed E-state index contributed by atoms with van der Waals surface area (Å²) in [5.74, 6) is 2.07. The van der Waals surface area contributed by atoms with Gasteiger partial charge in [0.05, 0.1) is 28.4 Å². The Balaban J connectivity index is 1.06. The molecular formula is C45H47ClN6O3. The van der Waals surface area contributed by atoms with Gasteiger partial charge in [-0.05, 0) is 98.3 Å². The second kappa shape index (κ2) is 17.8. The van der Waals surface area contributed by atoms with Crippen LogP contribution < -0.4 is 19.5 Å². The van der Waals surface area contributed by atoms with Crippen LogP contribution in [-0.2, 0) is 33.4 Å². The van der Waals surface area contributed by atoms with E-state index < -0.39 is 0 Å². The summed E-state index contributed by atoms with van der Waals surface area (Å²) < 4.78 is 21.0. The molecule has 6 aromatic rings. The number of halogens is 1. The van der Waals surface area contributed by atoms with Crippen LogP contribution in [0.2, 0.25) is 5.02 Å². The number of aryl methyl sites for hydroxylation is 1. The third kappa shape index (κ3) is 9.12. The molecule has 0 radical (unpaired) electrons. The molecule has 0 saturated carbocycles. The van der Waals surface area contributed by atoms with Gasteiger partial charge in [-0.2, -0.15) is 10.4 Å². The quantitative estimate of drug-likeness (QED) is 0.0978. The van der Waals surface area contributed by atoms with E-state index in [1.54, 1.807) is 12.3 Å². The molecule has 1 aliphatic rings. The van der Waals surface area contributed by atoms with Crippen molar-refractivity contribution in [2.24, 2.45) is 7.05 Å². The smallest absolute Gasteiger partial charge is 0.142 e. The van der Waals surface area contributed by atoms with Crippen LogP contribution in [0.4, 0.5) is 0 Å². The van der Waals surface area contributed by atoms with E-state index in [0.29, 0.717) is 48.4 Å². The van der Waals surface area contributed by atoms with Crippen molar-refractivity contribution < 1.29 is 14.2 Å². The van der Waals surface area contributed by atoms with Crippen LogP contribution in [0.25, 0.3) is 22.0 Å². The zero-order valence-electron chi connectivity index (χ0n) is 31.8. The number of nitriles is 1. The van der Waals surface area contributed by atoms with Gasteiger partial charge >= 0.3 is 0 Å². The summed E-state index contributed by atoms with van der Waals surface area (Å²) in [5.41, 5.74) is 9.79. The summed E-state index contributed by atoms with van der Waals surface area (Å²) >= 11 is 6.91. The molecule has 2 aromatic heterocycles. The lowest BCUT2D eigenvalue weighted by Crippen LogP contribution is -2.22. The molecule has 0 aliphatic carbocycles. The van der Waals surface area contributed by atoms with Gasteiger partial charge in [-0.1, -0.05) is 60.1 Å². The Morgan fingerprint density at radius 3 is 2.42 bits per heavy atom. The average molecular weight is 755 g/mol. The number of aromatic nitrogens is 3. The predicted molar refractivity (Wildman–Crippen MR) is 217 cm³/mol. The first kappa shape index (κ1) is 37.9. The molecule has 0 bridgehead atoms. The number of ether oxygens (including phenoxy) is 3. The fourth-order valence-corrected chi connectivity index (χ4v) is 7.55. The van der Waals surface area contributed by atoms with Crippen molar-refractivity contribution in [3.8, 4) is 34.4 Å². The van der Waals surface area contributed by atoms with E-state index in [4.69, 9.17) is 30.9 Å². The summed E-state index contributed by atoms with van der Waals surface area (Å²) in [4.78, 5) is 6.72. The maximum Gasteiger partial charge on any atom is 0.142 e. The monoisotopic (exact) mass is 754 g/mol. The number of fused-ring (bicyclic) bond motifs is 1. The minimum Gasteiger partial charge on any atom is -0.493 e. The van der Waals surface area contributed by atoms with Crippen molar-refractivity contribution in [3.63, 3.8) is 0 Å². The number of benzene rings is 4. The Kier molecular flexibility index (Phi) is 12.3. The van der Waals surface area contributed by atoms with Gasteiger partial charge in [0, 0.05) is 61.7 Å². The van der Waals surface area contributed by atoms with Crippen molar-refractivity contribution >= 4 is 22.5 Å². The molecule has 9 nitrogen and oxygen atoms in total. The fourth-order valence-electron chi connectivity index (χ4n) is 7.31. The van der Waals surface area contributed by atoms with Crippen molar-refractivity contribution in [3.05, 3.63) is 135 Å². The molecule has 282 valence electrons. The van der Waals surface area contributed by atoms with Crippen molar-refractivity contribution in [1.82, 2.24) is 25.0 Å². The highest BCUT2D eigenvalue weighted by molar-refractivity contribution is 6.32. The van der Waals surface area contributed by atoms with Crippen molar-refractivity contribution in [1.29, 1.82) is 5.26 Å². The zero-order valence-corrected chi connectivity index (χ0v) is 32.5. The minimum atomic E-state index is 0.225. The molecule has 3 heterocycles. The molecule has 1 aliphatic heterocycles. The van der Waals surface area contributed by atoms with E-state index in [9.17, 15) is 5.26 Å². The number of nitrogens with one attached hydrogen (secondary N) is 1. The van der Waals surface area contributed by atoms with E-state index in [1.165, 1.54) is 32.1 Å². The lowest BCUT2D eigenvalue weighted by Gasteiger charge is -2.19. The second-order valence-corrected chi connectivity index (χ2v) is 14.5. The number of likely N-dealkylation sites (tertiary alicyclic amines) is 1. The Morgan fingerprint density at radius 2 is 1.58 bits per heavy atom. The summed E-state index contributed by atoms with van der Waals surface area (Å²) in [6.07, 6.45) is 6.88. The van der Waals surface area contributed by atoms with Gasteiger partial charge < -0.3 is 24.4 Å². The Morgan fingerprint density at radius 1 is 0.800 bits per heavy atom. The van der Waals surface area contributed by atoms with Crippen LogP contribution in [-0.4, -0.2) is 45.9 Å². The predicted octanol–water partition coefficient (Wildman–Crippen LogP) is 9.09. The lowest BCUT2D eigenvalue weighted by molar-refractivity contribution is 0.262. The molecule has 0 atom stereocenters. The molecule has 4 aromatic carbocycles. The normalized spacial score (nSPS) is 12.9. The van der Waals surface area contributed by atoms with E-state index in [0.717, 1.165) is 74.3 Å². The topological polar surface area (TPSA) is 97.5 Å².